The molecule has 1 aromatic rings. The SMILES string of the molecule is O=C(CC1CCCNCC1)c1ccc(O)cc1. The Morgan fingerprint density at radius 3 is 2.76 bits per heavy atom. The van der Waals surface area contributed by atoms with E-state index < -0.39 is 0 Å². The third kappa shape index (κ3) is 3.56. The maximum absolute atomic E-state index is 12.0. The molecule has 1 atom stereocenters. The van der Waals surface area contributed by atoms with Crippen molar-refractivity contribution in [3.63, 3.8) is 0 Å². The van der Waals surface area contributed by atoms with Gasteiger partial charge in [0.05, 0.1) is 0 Å². The van der Waals surface area contributed by atoms with Crippen LogP contribution in [0.1, 0.15) is 36.0 Å². The van der Waals surface area contributed by atoms with Gasteiger partial charge < -0.3 is 10.4 Å². The Labute approximate surface area is 102 Å². The number of carbonyl (C=O) groups excluding carboxylic acids is 1. The van der Waals surface area contributed by atoms with Gasteiger partial charge in [-0.15, -0.1) is 0 Å². The topological polar surface area (TPSA) is 49.3 Å². The van der Waals surface area contributed by atoms with E-state index in [2.05, 4.69) is 5.32 Å². The largest absolute Gasteiger partial charge is 0.508 e. The third-order valence-corrected chi connectivity index (χ3v) is 3.36. The summed E-state index contributed by atoms with van der Waals surface area (Å²) in [6.45, 7) is 2.09. The van der Waals surface area contributed by atoms with Crippen LogP contribution < -0.4 is 5.32 Å². The number of ketones is 1. The lowest BCUT2D eigenvalue weighted by atomic mass is 9.92. The third-order valence-electron chi connectivity index (χ3n) is 3.36. The molecule has 1 saturated heterocycles. The van der Waals surface area contributed by atoms with Crippen LogP contribution in [0.2, 0.25) is 0 Å². The molecule has 0 saturated carbocycles. The number of Topliss-reactive ketones (excluding diaryl/α,β-unsaturated/α-hetero) is 1. The van der Waals surface area contributed by atoms with Crippen LogP contribution in [0.15, 0.2) is 24.3 Å². The van der Waals surface area contributed by atoms with Crippen LogP contribution in [-0.4, -0.2) is 24.0 Å². The van der Waals surface area contributed by atoms with E-state index in [4.69, 9.17) is 0 Å². The summed E-state index contributed by atoms with van der Waals surface area (Å²) in [6.07, 6.45) is 4.01. The fourth-order valence-corrected chi connectivity index (χ4v) is 2.32. The molecule has 1 aliphatic heterocycles. The highest BCUT2D eigenvalue weighted by molar-refractivity contribution is 5.96. The molecule has 0 amide bonds. The second-order valence-corrected chi connectivity index (χ2v) is 4.72. The van der Waals surface area contributed by atoms with Gasteiger partial charge in [0.25, 0.3) is 0 Å². The summed E-state index contributed by atoms with van der Waals surface area (Å²) in [5.74, 6) is 0.906. The van der Waals surface area contributed by atoms with Crippen molar-refractivity contribution in [1.29, 1.82) is 0 Å². The lowest BCUT2D eigenvalue weighted by molar-refractivity contribution is 0.0958. The molecule has 0 radical (unpaired) electrons. The molecule has 1 unspecified atom stereocenters. The lowest BCUT2D eigenvalue weighted by Crippen LogP contribution is -2.15. The number of nitrogens with one attached hydrogen (secondary N) is 1. The number of hydrogen-bond acceptors (Lipinski definition) is 3. The zero-order chi connectivity index (χ0) is 12.1. The zero-order valence-electron chi connectivity index (χ0n) is 9.98. The first-order valence-corrected chi connectivity index (χ1v) is 6.28. The Kier molecular flexibility index (Phi) is 4.15. The Balaban J connectivity index is 1.93. The minimum Gasteiger partial charge on any atom is -0.508 e. The molecule has 3 nitrogen and oxygen atoms in total. The highest BCUT2D eigenvalue weighted by atomic mass is 16.3. The van der Waals surface area contributed by atoms with E-state index in [1.165, 1.54) is 0 Å². The van der Waals surface area contributed by atoms with Crippen molar-refractivity contribution >= 4 is 5.78 Å². The van der Waals surface area contributed by atoms with Gasteiger partial charge in [0, 0.05) is 12.0 Å². The zero-order valence-corrected chi connectivity index (χ0v) is 9.98. The van der Waals surface area contributed by atoms with Crippen molar-refractivity contribution in [2.75, 3.05) is 13.1 Å². The number of rotatable bonds is 3. The molecular weight excluding hydrogens is 214 g/mol. The van der Waals surface area contributed by atoms with Crippen molar-refractivity contribution in [3.8, 4) is 5.75 Å². The monoisotopic (exact) mass is 233 g/mol. The van der Waals surface area contributed by atoms with E-state index >= 15 is 0 Å². The van der Waals surface area contributed by atoms with Gasteiger partial charge in [-0.3, -0.25) is 4.79 Å². The number of phenols is 1. The van der Waals surface area contributed by atoms with Gasteiger partial charge >= 0.3 is 0 Å². The Hall–Kier alpha value is -1.35. The van der Waals surface area contributed by atoms with Crippen molar-refractivity contribution in [2.24, 2.45) is 5.92 Å². The van der Waals surface area contributed by atoms with Crippen molar-refractivity contribution < 1.29 is 9.90 Å². The molecule has 1 aromatic carbocycles. The number of aromatic hydroxyl groups is 1. The van der Waals surface area contributed by atoms with Gasteiger partial charge in [-0.1, -0.05) is 0 Å². The Morgan fingerprint density at radius 2 is 2.00 bits per heavy atom. The standard InChI is InChI=1S/C14H19NO2/c16-13-5-3-12(4-6-13)14(17)10-11-2-1-8-15-9-7-11/h3-6,11,15-16H,1-2,7-10H2. The Bertz CT molecular complexity index is 364. The lowest BCUT2D eigenvalue weighted by Gasteiger charge is -2.12. The maximum atomic E-state index is 12.0. The number of hydrogen-bond donors (Lipinski definition) is 2. The molecule has 0 aromatic heterocycles. The fraction of sp³-hybridized carbons (Fsp3) is 0.500. The second-order valence-electron chi connectivity index (χ2n) is 4.72. The van der Waals surface area contributed by atoms with E-state index in [-0.39, 0.29) is 11.5 Å². The predicted molar refractivity (Wildman–Crippen MR) is 67.3 cm³/mol. The van der Waals surface area contributed by atoms with Crippen LogP contribution >= 0.6 is 0 Å². The molecule has 0 spiro atoms. The molecule has 92 valence electrons. The van der Waals surface area contributed by atoms with Crippen LogP contribution in [0.25, 0.3) is 0 Å². The van der Waals surface area contributed by atoms with Gasteiger partial charge in [0.2, 0.25) is 0 Å². The summed E-state index contributed by atoms with van der Waals surface area (Å²) in [5.41, 5.74) is 0.708. The first kappa shape index (κ1) is 12.1. The molecule has 0 bridgehead atoms. The maximum Gasteiger partial charge on any atom is 0.163 e. The average Bonchev–Trinajstić information content (AvgIpc) is 2.58. The van der Waals surface area contributed by atoms with Gasteiger partial charge in [0.15, 0.2) is 5.78 Å². The second kappa shape index (κ2) is 5.82. The summed E-state index contributed by atoms with van der Waals surface area (Å²) in [7, 11) is 0. The fourth-order valence-electron chi connectivity index (χ4n) is 2.32. The smallest absolute Gasteiger partial charge is 0.163 e. The van der Waals surface area contributed by atoms with Crippen molar-refractivity contribution in [3.05, 3.63) is 29.8 Å². The molecule has 1 heterocycles. The first-order valence-electron chi connectivity index (χ1n) is 6.28. The molecule has 0 aliphatic carbocycles. The predicted octanol–water partition coefficient (Wildman–Crippen LogP) is 2.35. The van der Waals surface area contributed by atoms with Crippen LogP contribution in [0.5, 0.6) is 5.75 Å². The molecule has 1 fully saturated rings. The molecule has 2 N–H and O–H groups in total. The van der Waals surface area contributed by atoms with E-state index in [9.17, 15) is 9.90 Å². The summed E-state index contributed by atoms with van der Waals surface area (Å²) in [5, 5.41) is 12.5. The number of carbonyl (C=O) groups is 1. The van der Waals surface area contributed by atoms with Gasteiger partial charge in [0.1, 0.15) is 5.75 Å². The van der Waals surface area contributed by atoms with Crippen LogP contribution in [0, 0.1) is 5.92 Å². The minimum absolute atomic E-state index is 0.192. The van der Waals surface area contributed by atoms with Gasteiger partial charge in [-0.25, -0.2) is 0 Å². The normalized spacial score (nSPS) is 20.8. The van der Waals surface area contributed by atoms with Crippen LogP contribution in [0.3, 0.4) is 0 Å². The summed E-state index contributed by atoms with van der Waals surface area (Å²) in [4.78, 5) is 12.0. The molecule has 17 heavy (non-hydrogen) atoms. The van der Waals surface area contributed by atoms with Crippen molar-refractivity contribution in [2.45, 2.75) is 25.7 Å². The quantitative estimate of drug-likeness (QED) is 0.788. The van der Waals surface area contributed by atoms with Gasteiger partial charge in [-0.2, -0.15) is 0 Å². The Morgan fingerprint density at radius 1 is 1.24 bits per heavy atom. The van der Waals surface area contributed by atoms with Crippen LogP contribution in [-0.2, 0) is 0 Å². The summed E-state index contributed by atoms with van der Waals surface area (Å²) in [6, 6.07) is 6.54. The van der Waals surface area contributed by atoms with E-state index in [1.54, 1.807) is 24.3 Å². The first-order chi connectivity index (χ1) is 8.25. The van der Waals surface area contributed by atoms with E-state index in [1.807, 2.05) is 0 Å². The molecular formula is C14H19NO2. The van der Waals surface area contributed by atoms with Gasteiger partial charge in [-0.05, 0) is 62.5 Å². The summed E-state index contributed by atoms with van der Waals surface area (Å²) >= 11 is 0. The average molecular weight is 233 g/mol. The molecule has 3 heteroatoms. The minimum atomic E-state index is 0.192. The highest BCUT2D eigenvalue weighted by Gasteiger charge is 2.16. The number of benzene rings is 1. The van der Waals surface area contributed by atoms with E-state index in [0.717, 1.165) is 32.4 Å². The van der Waals surface area contributed by atoms with Crippen molar-refractivity contribution in [1.82, 2.24) is 5.32 Å². The number of phenolic OH excluding ortho intramolecular Hbond substituents is 1. The summed E-state index contributed by atoms with van der Waals surface area (Å²) < 4.78 is 0. The van der Waals surface area contributed by atoms with Crippen LogP contribution in [0.4, 0.5) is 0 Å². The molecule has 1 aliphatic rings. The van der Waals surface area contributed by atoms with E-state index in [0.29, 0.717) is 17.9 Å². The molecule has 2 rings (SSSR count). The highest BCUT2D eigenvalue weighted by Crippen LogP contribution is 2.20.